The van der Waals surface area contributed by atoms with E-state index in [1.807, 2.05) is 0 Å². The fourth-order valence-corrected chi connectivity index (χ4v) is 5.23. The highest BCUT2D eigenvalue weighted by Crippen LogP contribution is 2.44. The minimum Gasteiger partial charge on any atom is -0.298 e. The van der Waals surface area contributed by atoms with Crippen LogP contribution in [0.2, 0.25) is 0 Å². The zero-order chi connectivity index (χ0) is 17.8. The molecule has 3 rings (SSSR count). The third-order valence-corrected chi connectivity index (χ3v) is 6.72. The molecule has 0 saturated heterocycles. The third-order valence-electron chi connectivity index (χ3n) is 6.72. The van der Waals surface area contributed by atoms with Crippen molar-refractivity contribution in [1.29, 1.82) is 0 Å². The molecule has 0 amide bonds. The number of carbonyl (C=O) groups is 1. The van der Waals surface area contributed by atoms with Crippen molar-refractivity contribution in [3.05, 3.63) is 34.9 Å². The Labute approximate surface area is 150 Å². The lowest BCUT2D eigenvalue weighted by Crippen LogP contribution is -2.25. The van der Waals surface area contributed by atoms with Crippen LogP contribution >= 0.6 is 0 Å². The molecule has 138 valence electrons. The average molecular weight is 348 g/mol. The second-order valence-electron chi connectivity index (χ2n) is 8.20. The molecule has 0 spiro atoms. The van der Waals surface area contributed by atoms with Crippen molar-refractivity contribution < 1.29 is 13.6 Å². The largest absolute Gasteiger partial charge is 0.298 e. The lowest BCUT2D eigenvalue weighted by molar-refractivity contribution is 0.111. The molecule has 0 N–H and O–H groups in total. The number of aldehydes is 1. The summed E-state index contributed by atoms with van der Waals surface area (Å²) in [4.78, 5) is 10.7. The zero-order valence-electron chi connectivity index (χ0n) is 15.3. The molecule has 1 aromatic rings. The van der Waals surface area contributed by atoms with Crippen molar-refractivity contribution in [3.8, 4) is 0 Å². The summed E-state index contributed by atoms with van der Waals surface area (Å²) in [6.45, 7) is 2.28. The summed E-state index contributed by atoms with van der Waals surface area (Å²) < 4.78 is 27.7. The summed E-state index contributed by atoms with van der Waals surface area (Å²) in [5.41, 5.74) is 0.284. The minimum atomic E-state index is -0.721. The molecule has 1 nitrogen and oxygen atoms in total. The Bertz CT molecular complexity index is 559. The molecule has 25 heavy (non-hydrogen) atoms. The first-order chi connectivity index (χ1) is 12.1. The molecule has 0 atom stereocenters. The summed E-state index contributed by atoms with van der Waals surface area (Å²) in [5, 5.41) is 0. The normalized spacial score (nSPS) is 30.2. The number of rotatable bonds is 5. The van der Waals surface area contributed by atoms with E-state index in [1.54, 1.807) is 0 Å². The highest BCUT2D eigenvalue weighted by molar-refractivity contribution is 5.75. The summed E-state index contributed by atoms with van der Waals surface area (Å²) in [5.74, 6) is 1.39. The summed E-state index contributed by atoms with van der Waals surface area (Å²) in [6, 6.07) is 2.74. The maximum atomic E-state index is 13.9. The quantitative estimate of drug-likeness (QED) is 0.544. The number of halogens is 2. The van der Waals surface area contributed by atoms with Gasteiger partial charge in [-0.1, -0.05) is 32.6 Å². The molecular formula is C22H30F2O. The molecule has 1 aromatic carbocycles. The molecule has 2 aliphatic carbocycles. The number of carbonyl (C=O) groups excluding carboxylic acids is 1. The van der Waals surface area contributed by atoms with Gasteiger partial charge in [0.1, 0.15) is 11.6 Å². The first-order valence-electron chi connectivity index (χ1n) is 10.1. The van der Waals surface area contributed by atoms with Crippen LogP contribution in [-0.2, 0) is 0 Å². The van der Waals surface area contributed by atoms with Gasteiger partial charge in [0.05, 0.1) is 5.56 Å². The molecule has 2 aliphatic rings. The van der Waals surface area contributed by atoms with Crippen LogP contribution in [-0.4, -0.2) is 6.29 Å². The van der Waals surface area contributed by atoms with Crippen LogP contribution in [0, 0.1) is 29.4 Å². The van der Waals surface area contributed by atoms with Crippen LogP contribution in [0.4, 0.5) is 8.78 Å². The van der Waals surface area contributed by atoms with Crippen molar-refractivity contribution in [2.24, 2.45) is 17.8 Å². The average Bonchev–Trinajstić information content (AvgIpc) is 2.62. The Kier molecular flexibility index (Phi) is 6.24. The second kappa shape index (κ2) is 8.42. The first kappa shape index (κ1) is 18.5. The van der Waals surface area contributed by atoms with Gasteiger partial charge < -0.3 is 0 Å². The second-order valence-corrected chi connectivity index (χ2v) is 8.20. The van der Waals surface area contributed by atoms with Gasteiger partial charge >= 0.3 is 0 Å². The minimum absolute atomic E-state index is 0.234. The maximum Gasteiger partial charge on any atom is 0.155 e. The van der Waals surface area contributed by atoms with Crippen molar-refractivity contribution in [3.63, 3.8) is 0 Å². The Hall–Kier alpha value is -1.25. The van der Waals surface area contributed by atoms with E-state index in [-0.39, 0.29) is 12.2 Å². The van der Waals surface area contributed by atoms with Gasteiger partial charge in [0.15, 0.2) is 6.29 Å². The molecule has 0 aromatic heterocycles. The monoisotopic (exact) mass is 348 g/mol. The van der Waals surface area contributed by atoms with Crippen molar-refractivity contribution in [1.82, 2.24) is 0 Å². The highest BCUT2D eigenvalue weighted by atomic mass is 19.1. The fraction of sp³-hybridized carbons (Fsp3) is 0.682. The predicted octanol–water partition coefficient (Wildman–Crippen LogP) is 6.66. The molecule has 0 bridgehead atoms. The Morgan fingerprint density at radius 1 is 0.920 bits per heavy atom. The van der Waals surface area contributed by atoms with Crippen LogP contribution in [0.25, 0.3) is 0 Å². The Morgan fingerprint density at radius 3 is 1.92 bits per heavy atom. The van der Waals surface area contributed by atoms with Crippen LogP contribution in [0.15, 0.2) is 12.1 Å². The van der Waals surface area contributed by atoms with Crippen LogP contribution < -0.4 is 0 Å². The molecule has 0 radical (unpaired) electrons. The summed E-state index contributed by atoms with van der Waals surface area (Å²) in [6.07, 6.45) is 12.8. The van der Waals surface area contributed by atoms with Crippen molar-refractivity contribution >= 4 is 6.29 Å². The van der Waals surface area contributed by atoms with E-state index in [1.165, 1.54) is 63.5 Å². The summed E-state index contributed by atoms with van der Waals surface area (Å²) in [7, 11) is 0. The smallest absolute Gasteiger partial charge is 0.155 e. The third kappa shape index (κ3) is 4.30. The molecule has 0 heterocycles. The Morgan fingerprint density at radius 2 is 1.44 bits per heavy atom. The maximum absolute atomic E-state index is 13.9. The Balaban J connectivity index is 1.55. The molecular weight excluding hydrogens is 318 g/mol. The van der Waals surface area contributed by atoms with E-state index >= 15 is 0 Å². The van der Waals surface area contributed by atoms with Gasteiger partial charge in [-0.15, -0.1) is 0 Å². The van der Waals surface area contributed by atoms with Gasteiger partial charge in [-0.05, 0) is 79.9 Å². The molecule has 2 saturated carbocycles. The van der Waals surface area contributed by atoms with E-state index in [0.29, 0.717) is 0 Å². The lowest BCUT2D eigenvalue weighted by atomic mass is 9.68. The van der Waals surface area contributed by atoms with Crippen molar-refractivity contribution in [2.45, 2.75) is 77.0 Å². The number of benzene rings is 1. The van der Waals surface area contributed by atoms with Gasteiger partial charge in [-0.3, -0.25) is 4.79 Å². The predicted molar refractivity (Wildman–Crippen MR) is 96.8 cm³/mol. The van der Waals surface area contributed by atoms with E-state index in [0.717, 1.165) is 36.2 Å². The zero-order valence-corrected chi connectivity index (χ0v) is 15.3. The first-order valence-corrected chi connectivity index (χ1v) is 10.1. The number of hydrogen-bond acceptors (Lipinski definition) is 1. The molecule has 0 aliphatic heterocycles. The van der Waals surface area contributed by atoms with Crippen LogP contribution in [0.1, 0.15) is 93.0 Å². The van der Waals surface area contributed by atoms with E-state index in [2.05, 4.69) is 6.92 Å². The van der Waals surface area contributed by atoms with Gasteiger partial charge in [-0.2, -0.15) is 0 Å². The van der Waals surface area contributed by atoms with Gasteiger partial charge in [0.2, 0.25) is 0 Å². The summed E-state index contributed by atoms with van der Waals surface area (Å²) >= 11 is 0. The van der Waals surface area contributed by atoms with Crippen LogP contribution in [0.3, 0.4) is 0 Å². The van der Waals surface area contributed by atoms with Gasteiger partial charge in [-0.25, -0.2) is 8.78 Å². The van der Waals surface area contributed by atoms with E-state index < -0.39 is 17.2 Å². The van der Waals surface area contributed by atoms with E-state index in [4.69, 9.17) is 0 Å². The van der Waals surface area contributed by atoms with Gasteiger partial charge in [0, 0.05) is 0 Å². The molecule has 3 heteroatoms. The fourth-order valence-electron chi connectivity index (χ4n) is 5.23. The van der Waals surface area contributed by atoms with Gasteiger partial charge in [0.25, 0.3) is 0 Å². The van der Waals surface area contributed by atoms with E-state index in [9.17, 15) is 13.6 Å². The van der Waals surface area contributed by atoms with Crippen LogP contribution in [0.5, 0.6) is 0 Å². The highest BCUT2D eigenvalue weighted by Gasteiger charge is 2.31. The van der Waals surface area contributed by atoms with Crippen molar-refractivity contribution in [2.75, 3.05) is 0 Å². The lowest BCUT2D eigenvalue weighted by Gasteiger charge is -2.38. The number of hydrogen-bond donors (Lipinski definition) is 0. The molecule has 2 fully saturated rings. The topological polar surface area (TPSA) is 17.1 Å². The SMILES string of the molecule is CCC[C@H]1CC[C@H]([C@H]2CC[C@H](c3cc(F)c(C=O)c(F)c3)CC2)CC1. The standard InChI is InChI=1S/C22H30F2O/c1-2-3-15-4-6-16(7-5-15)17-8-10-18(11-9-17)19-12-21(23)20(14-25)22(24)13-19/h12-18H,2-11H2,1H3/t15-,16-,17-,18-. The molecule has 0 unspecified atom stereocenters.